The first-order valence-electron chi connectivity index (χ1n) is 6.00. The largest absolute Gasteiger partial charge is 0.480 e. The Morgan fingerprint density at radius 2 is 1.76 bits per heavy atom. The molecule has 0 atom stereocenters. The van der Waals surface area contributed by atoms with Crippen molar-refractivity contribution in [2.24, 2.45) is 0 Å². The van der Waals surface area contributed by atoms with Gasteiger partial charge in [-0.1, -0.05) is 20.3 Å². The van der Waals surface area contributed by atoms with Gasteiger partial charge in [-0.15, -0.1) is 0 Å². The molecule has 0 aromatic heterocycles. The Labute approximate surface area is 118 Å². The number of carbonyl (C=O) groups excluding carboxylic acids is 1. The quantitative estimate of drug-likeness (QED) is 0.843. The van der Waals surface area contributed by atoms with Crippen LogP contribution in [0.25, 0.3) is 0 Å². The van der Waals surface area contributed by atoms with E-state index in [0.717, 1.165) is 0 Å². The lowest BCUT2D eigenvalue weighted by Gasteiger charge is -2.09. The monoisotopic (exact) mass is 309 g/mol. The molecule has 118 valence electrons. The summed E-state index contributed by atoms with van der Waals surface area (Å²) in [6.07, 6.45) is -3.46. The van der Waals surface area contributed by atoms with Gasteiger partial charge in [0.15, 0.2) is 0 Å². The summed E-state index contributed by atoms with van der Waals surface area (Å²) in [5.41, 5.74) is -2.05. The van der Waals surface area contributed by atoms with Crippen LogP contribution in [0.5, 0.6) is 0 Å². The third-order valence-corrected chi connectivity index (χ3v) is 1.94. The highest BCUT2D eigenvalue weighted by Gasteiger charge is 2.31. The standard InChI is InChI=1S/C10H7F4NO3.C3H8/c11-7-2-1-5(10(12,13)14)3-6(7)9(18)15-4-8(16)17;1-3-2/h1-3H,4H2,(H,15,18)(H,16,17);3H2,1-2H3. The number of halogens is 4. The minimum atomic E-state index is -4.71. The zero-order valence-corrected chi connectivity index (χ0v) is 11.4. The molecule has 8 heteroatoms. The fourth-order valence-corrected chi connectivity index (χ4v) is 1.13. The minimum absolute atomic E-state index is 0.326. The second kappa shape index (κ2) is 8.23. The van der Waals surface area contributed by atoms with Crippen LogP contribution in [0.2, 0.25) is 0 Å². The van der Waals surface area contributed by atoms with E-state index in [-0.39, 0.29) is 0 Å². The van der Waals surface area contributed by atoms with E-state index >= 15 is 0 Å². The van der Waals surface area contributed by atoms with Crippen molar-refractivity contribution < 1.29 is 32.3 Å². The number of amides is 1. The fraction of sp³-hybridized carbons (Fsp3) is 0.385. The summed E-state index contributed by atoms with van der Waals surface area (Å²) in [6, 6.07) is 1.31. The van der Waals surface area contributed by atoms with Gasteiger partial charge in [-0.2, -0.15) is 13.2 Å². The maximum absolute atomic E-state index is 13.2. The van der Waals surface area contributed by atoms with Crippen LogP contribution in [0.4, 0.5) is 17.6 Å². The van der Waals surface area contributed by atoms with Crippen molar-refractivity contribution >= 4 is 11.9 Å². The van der Waals surface area contributed by atoms with Gasteiger partial charge in [0.05, 0.1) is 11.1 Å². The number of carboxylic acids is 1. The molecule has 0 aliphatic rings. The third kappa shape index (κ3) is 6.73. The summed E-state index contributed by atoms with van der Waals surface area (Å²) in [6.45, 7) is 3.44. The Balaban J connectivity index is 0.00000122. The number of hydrogen-bond donors (Lipinski definition) is 2. The maximum Gasteiger partial charge on any atom is 0.416 e. The highest BCUT2D eigenvalue weighted by molar-refractivity contribution is 5.96. The summed E-state index contributed by atoms with van der Waals surface area (Å²) >= 11 is 0. The lowest BCUT2D eigenvalue weighted by molar-refractivity contribution is -0.138. The van der Waals surface area contributed by atoms with Crippen molar-refractivity contribution in [2.75, 3.05) is 6.54 Å². The second-order valence-corrected chi connectivity index (χ2v) is 3.98. The Hall–Kier alpha value is -2.12. The van der Waals surface area contributed by atoms with Gasteiger partial charge >= 0.3 is 12.1 Å². The smallest absolute Gasteiger partial charge is 0.416 e. The molecule has 0 unspecified atom stereocenters. The normalized spacial score (nSPS) is 10.4. The number of benzene rings is 1. The molecule has 0 aliphatic heterocycles. The van der Waals surface area contributed by atoms with Gasteiger partial charge in [0, 0.05) is 0 Å². The van der Waals surface area contributed by atoms with Crippen molar-refractivity contribution in [2.45, 2.75) is 26.4 Å². The molecule has 4 nitrogen and oxygen atoms in total. The second-order valence-electron chi connectivity index (χ2n) is 3.98. The van der Waals surface area contributed by atoms with Crippen molar-refractivity contribution in [3.63, 3.8) is 0 Å². The van der Waals surface area contributed by atoms with Crippen LogP contribution in [0.15, 0.2) is 18.2 Å². The van der Waals surface area contributed by atoms with Crippen LogP contribution in [0.3, 0.4) is 0 Å². The van der Waals surface area contributed by atoms with Gasteiger partial charge in [0.25, 0.3) is 5.91 Å². The first-order chi connectivity index (χ1) is 9.63. The maximum atomic E-state index is 13.2. The molecule has 1 amide bonds. The highest BCUT2D eigenvalue weighted by Crippen LogP contribution is 2.30. The topological polar surface area (TPSA) is 66.4 Å². The first kappa shape index (κ1) is 18.9. The molecule has 0 heterocycles. The SMILES string of the molecule is CCC.O=C(O)CNC(=O)c1cc(C(F)(F)F)ccc1F. The molecular formula is C13H15F4NO3. The molecule has 0 saturated heterocycles. The van der Waals surface area contributed by atoms with Gasteiger partial charge in [-0.3, -0.25) is 9.59 Å². The van der Waals surface area contributed by atoms with Crippen molar-refractivity contribution in [3.05, 3.63) is 35.1 Å². The lowest BCUT2D eigenvalue weighted by Crippen LogP contribution is -2.30. The van der Waals surface area contributed by atoms with E-state index in [4.69, 9.17) is 5.11 Å². The molecule has 2 N–H and O–H groups in total. The molecule has 21 heavy (non-hydrogen) atoms. The van der Waals surface area contributed by atoms with Gasteiger partial charge < -0.3 is 10.4 Å². The van der Waals surface area contributed by atoms with E-state index in [2.05, 4.69) is 13.8 Å². The van der Waals surface area contributed by atoms with Gasteiger partial charge in [0.2, 0.25) is 0 Å². The van der Waals surface area contributed by atoms with E-state index < -0.39 is 41.5 Å². The van der Waals surface area contributed by atoms with Crippen molar-refractivity contribution in [1.82, 2.24) is 5.32 Å². The molecule has 0 aliphatic carbocycles. The highest BCUT2D eigenvalue weighted by atomic mass is 19.4. The fourth-order valence-electron chi connectivity index (χ4n) is 1.13. The minimum Gasteiger partial charge on any atom is -0.480 e. The number of rotatable bonds is 3. The van der Waals surface area contributed by atoms with Crippen molar-refractivity contribution in [1.29, 1.82) is 0 Å². The van der Waals surface area contributed by atoms with E-state index in [1.165, 1.54) is 6.42 Å². The third-order valence-electron chi connectivity index (χ3n) is 1.94. The molecule has 0 bridgehead atoms. The number of aliphatic carboxylic acids is 1. The number of nitrogens with one attached hydrogen (secondary N) is 1. The van der Waals surface area contributed by atoms with Gasteiger partial charge in [0.1, 0.15) is 12.4 Å². The Morgan fingerprint density at radius 3 is 2.19 bits per heavy atom. The average molecular weight is 309 g/mol. The number of carbonyl (C=O) groups is 2. The molecule has 0 spiro atoms. The molecule has 1 aromatic carbocycles. The molecule has 1 aromatic rings. The Bertz CT molecular complexity index is 501. The number of carboxylic acid groups (broad SMARTS) is 1. The predicted octanol–water partition coefficient (Wildman–Crippen LogP) is 3.08. The summed E-state index contributed by atoms with van der Waals surface area (Å²) in [4.78, 5) is 21.4. The van der Waals surface area contributed by atoms with Crippen LogP contribution in [0, 0.1) is 5.82 Å². The molecule has 1 rings (SSSR count). The van der Waals surface area contributed by atoms with E-state index in [9.17, 15) is 27.2 Å². The molecule has 0 radical (unpaired) electrons. The predicted molar refractivity (Wildman–Crippen MR) is 67.3 cm³/mol. The van der Waals surface area contributed by atoms with Gasteiger partial charge in [-0.25, -0.2) is 4.39 Å². The van der Waals surface area contributed by atoms with Crippen LogP contribution < -0.4 is 5.32 Å². The average Bonchev–Trinajstić information content (AvgIpc) is 2.36. The summed E-state index contributed by atoms with van der Waals surface area (Å²) in [5.74, 6) is -3.78. The Kier molecular flexibility index (Phi) is 7.40. The molecule has 0 fully saturated rings. The van der Waals surface area contributed by atoms with Crippen molar-refractivity contribution in [3.8, 4) is 0 Å². The summed E-state index contributed by atoms with van der Waals surface area (Å²) in [5, 5.41) is 10.0. The van der Waals surface area contributed by atoms with Crippen LogP contribution in [0.1, 0.15) is 36.2 Å². The van der Waals surface area contributed by atoms with E-state index in [1.807, 2.05) is 0 Å². The summed E-state index contributed by atoms with van der Waals surface area (Å²) in [7, 11) is 0. The van der Waals surface area contributed by atoms with E-state index in [0.29, 0.717) is 18.2 Å². The zero-order chi connectivity index (χ0) is 16.6. The molecule has 0 saturated carbocycles. The summed E-state index contributed by atoms with van der Waals surface area (Å²) < 4.78 is 50.1. The van der Waals surface area contributed by atoms with Crippen LogP contribution in [-0.2, 0) is 11.0 Å². The number of hydrogen-bond acceptors (Lipinski definition) is 2. The van der Waals surface area contributed by atoms with E-state index in [1.54, 1.807) is 5.32 Å². The number of alkyl halides is 3. The zero-order valence-electron chi connectivity index (χ0n) is 11.4. The van der Waals surface area contributed by atoms with Crippen LogP contribution in [-0.4, -0.2) is 23.5 Å². The van der Waals surface area contributed by atoms with Crippen LogP contribution >= 0.6 is 0 Å². The first-order valence-corrected chi connectivity index (χ1v) is 6.00. The van der Waals surface area contributed by atoms with Gasteiger partial charge in [-0.05, 0) is 18.2 Å². The lowest BCUT2D eigenvalue weighted by atomic mass is 10.1. The Morgan fingerprint density at radius 1 is 1.24 bits per heavy atom. The molecular weight excluding hydrogens is 294 g/mol.